The first-order valence-corrected chi connectivity index (χ1v) is 8.57. The molecule has 0 radical (unpaired) electrons. The van der Waals surface area contributed by atoms with Gasteiger partial charge in [-0.1, -0.05) is 0 Å². The highest BCUT2D eigenvalue weighted by Gasteiger charge is 2.26. The predicted octanol–water partition coefficient (Wildman–Crippen LogP) is 2.72. The molecule has 1 fully saturated rings. The number of likely N-dealkylation sites (tertiary alicyclic amines) is 1. The molecule has 0 bridgehead atoms. The highest BCUT2D eigenvalue weighted by atomic mass is 16.3. The monoisotopic (exact) mass is 327 g/mol. The number of carbonyl (C=O) groups excluding carboxylic acids is 1. The van der Waals surface area contributed by atoms with Crippen LogP contribution in [0.1, 0.15) is 41.5 Å². The maximum Gasteiger partial charge on any atom is 0.253 e. The topological polar surface area (TPSA) is 58.4 Å². The van der Waals surface area contributed by atoms with E-state index in [2.05, 4.69) is 5.10 Å². The Bertz CT molecular complexity index is 711. The van der Waals surface area contributed by atoms with Crippen molar-refractivity contribution in [2.45, 2.75) is 39.7 Å². The van der Waals surface area contributed by atoms with E-state index in [4.69, 9.17) is 0 Å². The molecule has 5 heteroatoms. The number of hydrogen-bond donors (Lipinski definition) is 1. The van der Waals surface area contributed by atoms with Crippen molar-refractivity contribution in [2.24, 2.45) is 5.92 Å². The molecule has 1 saturated heterocycles. The molecule has 1 aliphatic rings. The Hall–Kier alpha value is -2.14. The fourth-order valence-electron chi connectivity index (χ4n) is 3.40. The van der Waals surface area contributed by atoms with Gasteiger partial charge in [-0.25, -0.2) is 4.68 Å². The van der Waals surface area contributed by atoms with Crippen LogP contribution in [0.25, 0.3) is 5.69 Å². The molecule has 1 aromatic carbocycles. The van der Waals surface area contributed by atoms with E-state index in [0.29, 0.717) is 24.6 Å². The molecular formula is C19H25N3O2. The van der Waals surface area contributed by atoms with Crippen LogP contribution >= 0.6 is 0 Å². The van der Waals surface area contributed by atoms with E-state index in [1.54, 1.807) is 0 Å². The smallest absolute Gasteiger partial charge is 0.253 e. The number of aliphatic hydroxyl groups excluding tert-OH is 1. The zero-order valence-electron chi connectivity index (χ0n) is 14.6. The van der Waals surface area contributed by atoms with E-state index in [-0.39, 0.29) is 12.0 Å². The Morgan fingerprint density at radius 2 is 1.83 bits per heavy atom. The Kier molecular flexibility index (Phi) is 4.71. The SMILES string of the molecule is Cc1cc(C)n(-c2ccc(C(=O)N3CCC(C(C)O)CC3)cc2)n1. The molecule has 1 aliphatic heterocycles. The van der Waals surface area contributed by atoms with Crippen molar-refractivity contribution in [3.05, 3.63) is 47.3 Å². The summed E-state index contributed by atoms with van der Waals surface area (Å²) in [6.07, 6.45) is 1.45. The number of amides is 1. The zero-order valence-corrected chi connectivity index (χ0v) is 14.6. The van der Waals surface area contributed by atoms with E-state index in [1.165, 1.54) is 0 Å². The number of nitrogens with zero attached hydrogens (tertiary/aromatic N) is 3. The predicted molar refractivity (Wildman–Crippen MR) is 93.3 cm³/mol. The highest BCUT2D eigenvalue weighted by Crippen LogP contribution is 2.22. The van der Waals surface area contributed by atoms with Gasteiger partial charge in [-0.3, -0.25) is 4.79 Å². The second-order valence-electron chi connectivity index (χ2n) is 6.76. The Morgan fingerprint density at radius 1 is 1.21 bits per heavy atom. The largest absolute Gasteiger partial charge is 0.393 e. The second kappa shape index (κ2) is 6.77. The first-order valence-electron chi connectivity index (χ1n) is 8.57. The van der Waals surface area contributed by atoms with Crippen molar-refractivity contribution in [1.29, 1.82) is 0 Å². The first-order chi connectivity index (χ1) is 11.5. The van der Waals surface area contributed by atoms with Gasteiger partial charge in [-0.15, -0.1) is 0 Å². The van der Waals surface area contributed by atoms with E-state index in [9.17, 15) is 9.90 Å². The molecule has 0 spiro atoms. The minimum Gasteiger partial charge on any atom is -0.393 e. The number of hydrogen-bond acceptors (Lipinski definition) is 3. The van der Waals surface area contributed by atoms with E-state index >= 15 is 0 Å². The van der Waals surface area contributed by atoms with Gasteiger partial charge >= 0.3 is 0 Å². The second-order valence-corrected chi connectivity index (χ2v) is 6.76. The molecule has 1 atom stereocenters. The van der Waals surface area contributed by atoms with Gasteiger partial charge in [0.05, 0.1) is 17.5 Å². The normalized spacial score (nSPS) is 17.1. The van der Waals surface area contributed by atoms with Gasteiger partial charge in [0.2, 0.25) is 0 Å². The lowest BCUT2D eigenvalue weighted by Crippen LogP contribution is -2.40. The lowest BCUT2D eigenvalue weighted by molar-refractivity contribution is 0.0521. The molecular weight excluding hydrogens is 302 g/mol. The Balaban J connectivity index is 1.70. The summed E-state index contributed by atoms with van der Waals surface area (Å²) < 4.78 is 1.89. The van der Waals surface area contributed by atoms with Gasteiger partial charge in [-0.05, 0) is 69.9 Å². The zero-order chi connectivity index (χ0) is 17.3. The number of benzene rings is 1. The fraction of sp³-hybridized carbons (Fsp3) is 0.474. The van der Waals surface area contributed by atoms with Crippen molar-refractivity contribution in [3.63, 3.8) is 0 Å². The number of carbonyl (C=O) groups is 1. The van der Waals surface area contributed by atoms with Crippen molar-refractivity contribution in [2.75, 3.05) is 13.1 Å². The summed E-state index contributed by atoms with van der Waals surface area (Å²) in [6, 6.07) is 9.65. The summed E-state index contributed by atoms with van der Waals surface area (Å²) in [4.78, 5) is 14.5. The molecule has 24 heavy (non-hydrogen) atoms. The van der Waals surface area contributed by atoms with Crippen LogP contribution in [0.2, 0.25) is 0 Å². The quantitative estimate of drug-likeness (QED) is 0.943. The van der Waals surface area contributed by atoms with Crippen LogP contribution < -0.4 is 0 Å². The van der Waals surface area contributed by atoms with Gasteiger partial charge in [-0.2, -0.15) is 5.10 Å². The van der Waals surface area contributed by atoms with Gasteiger partial charge in [0.1, 0.15) is 0 Å². The third-order valence-electron chi connectivity index (χ3n) is 4.88. The van der Waals surface area contributed by atoms with Crippen molar-refractivity contribution >= 4 is 5.91 Å². The summed E-state index contributed by atoms with van der Waals surface area (Å²) in [6.45, 7) is 7.25. The maximum absolute atomic E-state index is 12.6. The van der Waals surface area contributed by atoms with E-state index in [0.717, 1.165) is 29.9 Å². The Morgan fingerprint density at radius 3 is 2.33 bits per heavy atom. The molecule has 5 nitrogen and oxygen atoms in total. The summed E-state index contributed by atoms with van der Waals surface area (Å²) >= 11 is 0. The van der Waals surface area contributed by atoms with Crippen LogP contribution in [0, 0.1) is 19.8 Å². The number of aryl methyl sites for hydroxylation is 2. The number of piperidine rings is 1. The first kappa shape index (κ1) is 16.7. The van der Waals surface area contributed by atoms with Gasteiger partial charge in [0, 0.05) is 24.3 Å². The average molecular weight is 327 g/mol. The van der Waals surface area contributed by atoms with Gasteiger partial charge < -0.3 is 10.0 Å². The summed E-state index contributed by atoms with van der Waals surface area (Å²) in [5.74, 6) is 0.376. The third kappa shape index (κ3) is 3.36. The molecule has 3 rings (SSSR count). The summed E-state index contributed by atoms with van der Waals surface area (Å²) in [7, 11) is 0. The molecule has 0 saturated carbocycles. The Labute approximate surface area is 142 Å². The molecule has 128 valence electrons. The number of aliphatic hydroxyl groups is 1. The standard InChI is InChI=1S/C19H25N3O2/c1-13-12-14(2)22(20-13)18-6-4-17(5-7-18)19(24)21-10-8-16(9-11-21)15(3)23/h4-7,12,15-16,23H,8-11H2,1-3H3. The minimum atomic E-state index is -0.290. The summed E-state index contributed by atoms with van der Waals surface area (Å²) in [5.41, 5.74) is 3.72. The molecule has 0 aliphatic carbocycles. The van der Waals surface area contributed by atoms with Gasteiger partial charge in [0.15, 0.2) is 0 Å². The van der Waals surface area contributed by atoms with Crippen LogP contribution in [-0.4, -0.2) is 44.9 Å². The minimum absolute atomic E-state index is 0.0685. The van der Waals surface area contributed by atoms with E-state index in [1.807, 2.05) is 60.7 Å². The molecule has 1 amide bonds. The maximum atomic E-state index is 12.6. The van der Waals surface area contributed by atoms with E-state index < -0.39 is 0 Å². The summed E-state index contributed by atoms with van der Waals surface area (Å²) in [5, 5.41) is 14.1. The van der Waals surface area contributed by atoms with Gasteiger partial charge in [0.25, 0.3) is 5.91 Å². The molecule has 1 N–H and O–H groups in total. The molecule has 1 aromatic heterocycles. The highest BCUT2D eigenvalue weighted by molar-refractivity contribution is 5.94. The van der Waals surface area contributed by atoms with Crippen LogP contribution in [0.5, 0.6) is 0 Å². The molecule has 1 unspecified atom stereocenters. The van der Waals surface area contributed by atoms with Crippen LogP contribution in [0.3, 0.4) is 0 Å². The lowest BCUT2D eigenvalue weighted by atomic mass is 9.92. The third-order valence-corrected chi connectivity index (χ3v) is 4.88. The van der Waals surface area contributed by atoms with Crippen LogP contribution in [-0.2, 0) is 0 Å². The molecule has 2 aromatic rings. The lowest BCUT2D eigenvalue weighted by Gasteiger charge is -2.33. The van der Waals surface area contributed by atoms with Crippen molar-refractivity contribution in [3.8, 4) is 5.69 Å². The number of rotatable bonds is 3. The van der Waals surface area contributed by atoms with Crippen LogP contribution in [0.4, 0.5) is 0 Å². The number of aromatic nitrogens is 2. The van der Waals surface area contributed by atoms with Crippen molar-refractivity contribution < 1.29 is 9.90 Å². The fourth-order valence-corrected chi connectivity index (χ4v) is 3.40. The van der Waals surface area contributed by atoms with Crippen molar-refractivity contribution in [1.82, 2.24) is 14.7 Å². The van der Waals surface area contributed by atoms with Crippen LogP contribution in [0.15, 0.2) is 30.3 Å². The average Bonchev–Trinajstić information content (AvgIpc) is 2.93. The molecule has 2 heterocycles.